The van der Waals surface area contributed by atoms with Gasteiger partial charge in [0.2, 0.25) is 11.8 Å². The molecule has 1 fully saturated rings. The number of para-hydroxylation sites is 1. The van der Waals surface area contributed by atoms with Gasteiger partial charge in [-0.1, -0.05) is 12.1 Å². The largest absolute Gasteiger partial charge is 0.489 e. The molecule has 0 N–H and O–H groups in total. The third kappa shape index (κ3) is 3.53. The van der Waals surface area contributed by atoms with Gasteiger partial charge in [0.15, 0.2) is 0 Å². The number of nitrogens with zero attached hydrogens (tertiary/aromatic N) is 2. The zero-order valence-corrected chi connectivity index (χ0v) is 14.3. The van der Waals surface area contributed by atoms with Gasteiger partial charge in [0.1, 0.15) is 18.5 Å². The highest BCUT2D eigenvalue weighted by Crippen LogP contribution is 2.36. The third-order valence-corrected chi connectivity index (χ3v) is 4.57. The summed E-state index contributed by atoms with van der Waals surface area (Å²) in [4.78, 5) is 27.0. The first-order valence-electron chi connectivity index (χ1n) is 8.46. The van der Waals surface area contributed by atoms with E-state index in [4.69, 9.17) is 9.47 Å². The zero-order chi connectivity index (χ0) is 17.1. The Hall–Kier alpha value is -2.08. The van der Waals surface area contributed by atoms with E-state index < -0.39 is 0 Å². The van der Waals surface area contributed by atoms with E-state index in [0.29, 0.717) is 32.1 Å². The molecule has 2 amide bonds. The summed E-state index contributed by atoms with van der Waals surface area (Å²) in [7, 11) is 0. The van der Waals surface area contributed by atoms with Crippen molar-refractivity contribution in [3.05, 3.63) is 23.8 Å². The second-order valence-electron chi connectivity index (χ2n) is 6.31. The molecular weight excluding hydrogens is 308 g/mol. The summed E-state index contributed by atoms with van der Waals surface area (Å²) in [5.74, 6) is 0.803. The van der Waals surface area contributed by atoms with Crippen LogP contribution >= 0.6 is 0 Å². The first-order valence-corrected chi connectivity index (χ1v) is 8.46. The Labute approximate surface area is 142 Å². The Balaban J connectivity index is 1.72. The maximum absolute atomic E-state index is 11.9. The minimum Gasteiger partial charge on any atom is -0.489 e. The van der Waals surface area contributed by atoms with Crippen LogP contribution in [-0.2, 0) is 20.7 Å². The van der Waals surface area contributed by atoms with Crippen molar-refractivity contribution in [1.82, 2.24) is 4.90 Å². The minimum absolute atomic E-state index is 0.0312. The number of morpholine rings is 1. The van der Waals surface area contributed by atoms with Gasteiger partial charge in [0.05, 0.1) is 18.8 Å². The molecule has 0 saturated carbocycles. The number of rotatable bonds is 3. The van der Waals surface area contributed by atoms with E-state index in [1.165, 1.54) is 0 Å². The smallest absolute Gasteiger partial charge is 0.223 e. The number of carbonyl (C=O) groups is 2. The number of amides is 2. The molecule has 0 spiro atoms. The molecule has 2 heterocycles. The predicted octanol–water partition coefficient (Wildman–Crippen LogP) is 1.61. The number of hydrogen-bond acceptors (Lipinski definition) is 4. The minimum atomic E-state index is -0.145. The molecule has 0 aliphatic carbocycles. The lowest BCUT2D eigenvalue weighted by atomic mass is 10.0. The molecular formula is C18H24N2O4. The molecule has 3 rings (SSSR count). The lowest BCUT2D eigenvalue weighted by Crippen LogP contribution is -2.46. The van der Waals surface area contributed by atoms with Gasteiger partial charge in [0.25, 0.3) is 0 Å². The number of aryl methyl sites for hydroxylation is 1. The second kappa shape index (κ2) is 7.21. The topological polar surface area (TPSA) is 59.1 Å². The lowest BCUT2D eigenvalue weighted by molar-refractivity contribution is -0.137. The summed E-state index contributed by atoms with van der Waals surface area (Å²) in [6.07, 6.45) is 1.77. The van der Waals surface area contributed by atoms with Gasteiger partial charge < -0.3 is 19.3 Å². The summed E-state index contributed by atoms with van der Waals surface area (Å²) in [6.45, 7) is 5.95. The Morgan fingerprint density at radius 3 is 2.83 bits per heavy atom. The van der Waals surface area contributed by atoms with Crippen molar-refractivity contribution in [2.45, 2.75) is 32.8 Å². The normalized spacial score (nSPS) is 20.5. The fraction of sp³-hybridized carbons (Fsp3) is 0.556. The van der Waals surface area contributed by atoms with E-state index in [9.17, 15) is 9.59 Å². The van der Waals surface area contributed by atoms with Gasteiger partial charge in [-0.2, -0.15) is 0 Å². The van der Waals surface area contributed by atoms with Crippen molar-refractivity contribution in [3.63, 3.8) is 0 Å². The predicted molar refractivity (Wildman–Crippen MR) is 90.3 cm³/mol. The molecule has 1 aromatic carbocycles. The second-order valence-corrected chi connectivity index (χ2v) is 6.31. The maximum Gasteiger partial charge on any atom is 0.223 e. The number of hydrogen-bond donors (Lipinski definition) is 0. The van der Waals surface area contributed by atoms with Gasteiger partial charge in [-0.05, 0) is 24.5 Å². The number of ether oxygens (including phenoxy) is 2. The summed E-state index contributed by atoms with van der Waals surface area (Å²) in [5.41, 5.74) is 2.03. The van der Waals surface area contributed by atoms with E-state index in [-0.39, 0.29) is 17.9 Å². The first kappa shape index (κ1) is 16.8. The van der Waals surface area contributed by atoms with Crippen molar-refractivity contribution in [2.75, 3.05) is 37.7 Å². The monoisotopic (exact) mass is 332 g/mol. The van der Waals surface area contributed by atoms with E-state index >= 15 is 0 Å². The van der Waals surface area contributed by atoms with E-state index in [2.05, 4.69) is 0 Å². The Bertz CT molecular complexity index is 631. The van der Waals surface area contributed by atoms with Gasteiger partial charge in [-0.15, -0.1) is 0 Å². The molecule has 1 saturated heterocycles. The molecule has 1 atom stereocenters. The molecule has 1 aromatic rings. The number of carbonyl (C=O) groups excluding carboxylic acids is 2. The van der Waals surface area contributed by atoms with Crippen molar-refractivity contribution < 1.29 is 19.1 Å². The SMILES string of the molecule is CC(=O)N1CCOC(COc2cccc3c2N(C(C)=O)CCC3)C1. The Morgan fingerprint density at radius 1 is 1.25 bits per heavy atom. The quantitative estimate of drug-likeness (QED) is 0.844. The molecule has 2 aliphatic heterocycles. The summed E-state index contributed by atoms with van der Waals surface area (Å²) in [6, 6.07) is 5.90. The average molecular weight is 332 g/mol. The summed E-state index contributed by atoms with van der Waals surface area (Å²) < 4.78 is 11.7. The van der Waals surface area contributed by atoms with E-state index in [0.717, 1.165) is 30.6 Å². The Kier molecular flexibility index (Phi) is 5.04. The highest BCUT2D eigenvalue weighted by Gasteiger charge is 2.26. The molecule has 1 unspecified atom stereocenters. The fourth-order valence-electron chi connectivity index (χ4n) is 3.34. The van der Waals surface area contributed by atoms with E-state index in [1.54, 1.807) is 23.6 Å². The molecule has 0 bridgehead atoms. The highest BCUT2D eigenvalue weighted by molar-refractivity contribution is 5.94. The third-order valence-electron chi connectivity index (χ3n) is 4.57. The number of benzene rings is 1. The van der Waals surface area contributed by atoms with Crippen molar-refractivity contribution in [3.8, 4) is 5.75 Å². The van der Waals surface area contributed by atoms with Gasteiger partial charge >= 0.3 is 0 Å². The van der Waals surface area contributed by atoms with Crippen LogP contribution in [0.25, 0.3) is 0 Å². The molecule has 2 aliphatic rings. The van der Waals surface area contributed by atoms with Crippen LogP contribution in [0.3, 0.4) is 0 Å². The average Bonchev–Trinajstić information content (AvgIpc) is 2.59. The molecule has 0 aromatic heterocycles. The Morgan fingerprint density at radius 2 is 2.08 bits per heavy atom. The van der Waals surface area contributed by atoms with Gasteiger partial charge in [-0.25, -0.2) is 0 Å². The fourth-order valence-corrected chi connectivity index (χ4v) is 3.34. The van der Waals surface area contributed by atoms with Gasteiger partial charge in [0, 0.05) is 26.9 Å². The van der Waals surface area contributed by atoms with Crippen molar-refractivity contribution >= 4 is 17.5 Å². The van der Waals surface area contributed by atoms with Gasteiger partial charge in [-0.3, -0.25) is 9.59 Å². The van der Waals surface area contributed by atoms with Crippen LogP contribution in [0.1, 0.15) is 25.8 Å². The molecule has 130 valence electrons. The first-order chi connectivity index (χ1) is 11.6. The maximum atomic E-state index is 11.9. The highest BCUT2D eigenvalue weighted by atomic mass is 16.5. The summed E-state index contributed by atoms with van der Waals surface area (Å²) >= 11 is 0. The number of fused-ring (bicyclic) bond motifs is 1. The van der Waals surface area contributed by atoms with E-state index in [1.807, 2.05) is 18.2 Å². The van der Waals surface area contributed by atoms with Crippen LogP contribution in [0.5, 0.6) is 5.75 Å². The zero-order valence-electron chi connectivity index (χ0n) is 14.3. The molecule has 24 heavy (non-hydrogen) atoms. The van der Waals surface area contributed by atoms with Crippen LogP contribution in [0.15, 0.2) is 18.2 Å². The molecule has 6 nitrogen and oxygen atoms in total. The van der Waals surface area contributed by atoms with Crippen molar-refractivity contribution in [2.24, 2.45) is 0 Å². The number of anilines is 1. The van der Waals surface area contributed by atoms with Crippen LogP contribution in [-0.4, -0.2) is 55.7 Å². The standard InChI is InChI=1S/C18H24N2O4/c1-13(21)19-9-10-23-16(11-19)12-24-17-7-3-5-15-6-4-8-20(14(2)22)18(15)17/h3,5,7,16H,4,6,8-12H2,1-2H3. The van der Waals surface area contributed by atoms with Crippen LogP contribution in [0.4, 0.5) is 5.69 Å². The van der Waals surface area contributed by atoms with Crippen LogP contribution in [0, 0.1) is 0 Å². The lowest BCUT2D eigenvalue weighted by Gasteiger charge is -2.33. The van der Waals surface area contributed by atoms with Crippen molar-refractivity contribution in [1.29, 1.82) is 0 Å². The van der Waals surface area contributed by atoms with Crippen LogP contribution in [0.2, 0.25) is 0 Å². The van der Waals surface area contributed by atoms with Crippen LogP contribution < -0.4 is 9.64 Å². The summed E-state index contributed by atoms with van der Waals surface area (Å²) in [5, 5.41) is 0. The molecule has 0 radical (unpaired) electrons. The molecule has 6 heteroatoms.